The first-order valence-electron chi connectivity index (χ1n) is 18.9. The predicted octanol–water partition coefficient (Wildman–Crippen LogP) is 13.5. The zero-order valence-corrected chi connectivity index (χ0v) is 31.0. The summed E-state index contributed by atoms with van der Waals surface area (Å²) in [5.41, 5.74) is 15.4. The van der Waals surface area contributed by atoms with Crippen LogP contribution in [0.2, 0.25) is 0 Å². The molecule has 3 nitrogen and oxygen atoms in total. The Labute approximate surface area is 327 Å². The van der Waals surface area contributed by atoms with Crippen LogP contribution in [0, 0.1) is 0 Å². The number of benzene rings is 8. The van der Waals surface area contributed by atoms with E-state index in [1.807, 2.05) is 54.6 Å². The summed E-state index contributed by atoms with van der Waals surface area (Å²) in [5.74, 6) is 0. The maximum Gasteiger partial charge on any atom is 0.0716 e. The van der Waals surface area contributed by atoms with Gasteiger partial charge in [0.25, 0.3) is 0 Å². The van der Waals surface area contributed by atoms with Gasteiger partial charge in [-0.3, -0.25) is 9.98 Å². The fourth-order valence-corrected chi connectivity index (χ4v) is 7.58. The van der Waals surface area contributed by atoms with Crippen molar-refractivity contribution in [2.75, 3.05) is 0 Å². The Morgan fingerprint density at radius 2 is 0.946 bits per heavy atom. The van der Waals surface area contributed by atoms with E-state index < -0.39 is 0 Å². The molecule has 0 radical (unpaired) electrons. The summed E-state index contributed by atoms with van der Waals surface area (Å²) in [7, 11) is 0. The van der Waals surface area contributed by atoms with Gasteiger partial charge in [0.1, 0.15) is 0 Å². The molecule has 0 bridgehead atoms. The number of aromatic nitrogens is 1. The molecule has 0 atom stereocenters. The highest BCUT2D eigenvalue weighted by Gasteiger charge is 2.13. The Kier molecular flexibility index (Phi) is 9.55. The van der Waals surface area contributed by atoms with Gasteiger partial charge in [-0.15, -0.1) is 0 Å². The van der Waals surface area contributed by atoms with E-state index >= 15 is 0 Å². The van der Waals surface area contributed by atoms with Gasteiger partial charge in [-0.05, 0) is 106 Å². The zero-order valence-electron chi connectivity index (χ0n) is 31.0. The molecule has 0 spiro atoms. The molecule has 9 aromatic rings. The normalized spacial score (nSPS) is 11.9. The van der Waals surface area contributed by atoms with Crippen molar-refractivity contribution >= 4 is 39.9 Å². The summed E-state index contributed by atoms with van der Waals surface area (Å²) in [6.45, 7) is 4.39. The van der Waals surface area contributed by atoms with Crippen LogP contribution >= 0.6 is 0 Å². The second-order valence-corrected chi connectivity index (χ2v) is 13.9. The number of para-hydroxylation sites is 2. The van der Waals surface area contributed by atoms with Crippen molar-refractivity contribution < 1.29 is 0 Å². The molecular formula is C53H39N3. The number of aliphatic imine (C=N–C) groups is 2. The van der Waals surface area contributed by atoms with Crippen LogP contribution in [0.4, 0.5) is 0 Å². The van der Waals surface area contributed by atoms with Gasteiger partial charge in [0.15, 0.2) is 0 Å². The lowest BCUT2D eigenvalue weighted by Crippen LogP contribution is -2.00. The molecule has 0 aliphatic rings. The van der Waals surface area contributed by atoms with Crippen LogP contribution in [0.5, 0.6) is 0 Å². The van der Waals surface area contributed by atoms with Gasteiger partial charge in [-0.2, -0.15) is 0 Å². The van der Waals surface area contributed by atoms with Crippen LogP contribution in [0.15, 0.2) is 222 Å². The molecule has 0 aliphatic heterocycles. The standard InChI is InChI=1S/C53H39N3/c1-54-50(41-19-7-3-8-20-41)36-51(42-21-9-4-10-22-42)55-37-38-16-15-23-43(32-38)46-34-44(39-17-5-2-6-18-39)33-45(35-46)40-28-30-47(31-29-40)56-52-26-13-11-24-48(52)49-25-12-14-27-53(49)56/h2-36H,1,37H2/b50-36-,55-51?. The third-order valence-electron chi connectivity index (χ3n) is 10.4. The van der Waals surface area contributed by atoms with E-state index in [-0.39, 0.29) is 0 Å². The van der Waals surface area contributed by atoms with Crippen molar-refractivity contribution in [3.8, 4) is 39.1 Å². The van der Waals surface area contributed by atoms with Crippen LogP contribution in [-0.2, 0) is 6.54 Å². The lowest BCUT2D eigenvalue weighted by molar-refractivity contribution is 1.07. The van der Waals surface area contributed by atoms with E-state index in [1.54, 1.807) is 0 Å². The summed E-state index contributed by atoms with van der Waals surface area (Å²) in [6, 6.07) is 73.0. The molecule has 56 heavy (non-hydrogen) atoms. The average molecular weight is 718 g/mol. The Hall–Kier alpha value is -7.36. The van der Waals surface area contributed by atoms with E-state index in [0.29, 0.717) is 6.54 Å². The van der Waals surface area contributed by atoms with Crippen LogP contribution < -0.4 is 0 Å². The minimum Gasteiger partial charge on any atom is -0.309 e. The predicted molar refractivity (Wildman–Crippen MR) is 238 cm³/mol. The summed E-state index contributed by atoms with van der Waals surface area (Å²) in [5, 5.41) is 2.53. The quantitative estimate of drug-likeness (QED) is 0.126. The second kappa shape index (κ2) is 15.5. The topological polar surface area (TPSA) is 29.6 Å². The fourth-order valence-electron chi connectivity index (χ4n) is 7.58. The number of fused-ring (bicyclic) bond motifs is 3. The van der Waals surface area contributed by atoms with Crippen LogP contribution in [0.3, 0.4) is 0 Å². The molecule has 8 aromatic carbocycles. The van der Waals surface area contributed by atoms with Gasteiger partial charge >= 0.3 is 0 Å². The lowest BCUT2D eigenvalue weighted by atomic mass is 9.92. The molecule has 0 aliphatic carbocycles. The van der Waals surface area contributed by atoms with Crippen molar-refractivity contribution in [1.29, 1.82) is 0 Å². The Morgan fingerprint density at radius 1 is 0.446 bits per heavy atom. The monoisotopic (exact) mass is 717 g/mol. The Morgan fingerprint density at radius 3 is 1.55 bits per heavy atom. The number of hydrogen-bond donors (Lipinski definition) is 0. The van der Waals surface area contributed by atoms with Crippen LogP contribution in [-0.4, -0.2) is 17.0 Å². The molecule has 0 saturated heterocycles. The average Bonchev–Trinajstić information content (AvgIpc) is 3.62. The largest absolute Gasteiger partial charge is 0.309 e. The molecule has 0 saturated carbocycles. The van der Waals surface area contributed by atoms with E-state index in [2.05, 4.69) is 174 Å². The number of allylic oxidation sites excluding steroid dienone is 1. The summed E-state index contributed by atoms with van der Waals surface area (Å²) in [4.78, 5) is 9.53. The summed E-state index contributed by atoms with van der Waals surface area (Å²) >= 11 is 0. The minimum atomic E-state index is 0.517. The molecule has 1 heterocycles. The van der Waals surface area contributed by atoms with E-state index in [9.17, 15) is 0 Å². The van der Waals surface area contributed by atoms with Crippen molar-refractivity contribution in [1.82, 2.24) is 4.57 Å². The van der Waals surface area contributed by atoms with Gasteiger partial charge in [0.2, 0.25) is 0 Å². The molecule has 1 aromatic heterocycles. The maximum absolute atomic E-state index is 5.16. The smallest absolute Gasteiger partial charge is 0.0716 e. The van der Waals surface area contributed by atoms with Gasteiger partial charge in [0.05, 0.1) is 29.0 Å². The van der Waals surface area contributed by atoms with Gasteiger partial charge in [0, 0.05) is 22.0 Å². The highest BCUT2D eigenvalue weighted by molar-refractivity contribution is 6.12. The fraction of sp³-hybridized carbons (Fsp3) is 0.0189. The number of nitrogens with zero attached hydrogens (tertiary/aromatic N) is 3. The third-order valence-corrected chi connectivity index (χ3v) is 10.4. The summed E-state index contributed by atoms with van der Waals surface area (Å²) < 4.78 is 2.36. The number of hydrogen-bond acceptors (Lipinski definition) is 2. The van der Waals surface area contributed by atoms with Crippen LogP contribution in [0.25, 0.3) is 66.6 Å². The Bertz CT molecular complexity index is 2810. The minimum absolute atomic E-state index is 0.517. The van der Waals surface area contributed by atoms with Crippen molar-refractivity contribution in [3.05, 3.63) is 229 Å². The molecule has 0 unspecified atom stereocenters. The van der Waals surface area contributed by atoms with Crippen LogP contribution in [0.1, 0.15) is 16.7 Å². The van der Waals surface area contributed by atoms with Gasteiger partial charge in [-0.25, -0.2) is 0 Å². The SMILES string of the molecule is C=N/C(=C\C(=NCc1cccc(-c2cc(-c3ccccc3)cc(-c3ccc(-n4c5ccccc5c5ccccc54)cc3)c2)c1)c1ccccc1)c1ccccc1. The molecule has 0 N–H and O–H groups in total. The highest BCUT2D eigenvalue weighted by Crippen LogP contribution is 2.36. The van der Waals surface area contributed by atoms with Crippen molar-refractivity contribution in [3.63, 3.8) is 0 Å². The maximum atomic E-state index is 5.16. The van der Waals surface area contributed by atoms with Gasteiger partial charge in [-0.1, -0.05) is 158 Å². The Balaban J connectivity index is 1.08. The van der Waals surface area contributed by atoms with Crippen molar-refractivity contribution in [2.24, 2.45) is 9.98 Å². The number of rotatable bonds is 10. The first kappa shape index (κ1) is 34.4. The third kappa shape index (κ3) is 7.02. The molecule has 0 fully saturated rings. The summed E-state index contributed by atoms with van der Waals surface area (Å²) in [6.07, 6.45) is 2.03. The van der Waals surface area contributed by atoms with E-state index in [0.717, 1.165) is 44.9 Å². The molecule has 3 heteroatoms. The second-order valence-electron chi connectivity index (χ2n) is 13.9. The highest BCUT2D eigenvalue weighted by atomic mass is 15.0. The molecule has 9 rings (SSSR count). The van der Waals surface area contributed by atoms with Crippen molar-refractivity contribution in [2.45, 2.75) is 6.54 Å². The molecular weight excluding hydrogens is 679 g/mol. The lowest BCUT2D eigenvalue weighted by Gasteiger charge is -2.13. The van der Waals surface area contributed by atoms with E-state index in [4.69, 9.17) is 4.99 Å². The van der Waals surface area contributed by atoms with E-state index in [1.165, 1.54) is 44.1 Å². The zero-order chi connectivity index (χ0) is 37.7. The first-order valence-corrected chi connectivity index (χ1v) is 18.9. The molecule has 0 amide bonds. The molecule has 266 valence electrons. The van der Waals surface area contributed by atoms with Gasteiger partial charge < -0.3 is 4.57 Å². The first-order chi connectivity index (χ1) is 27.7.